The van der Waals surface area contributed by atoms with Gasteiger partial charge in [-0.1, -0.05) is 6.42 Å². The Kier molecular flexibility index (Phi) is 6.47. The Hall–Kier alpha value is -0.650. The van der Waals surface area contributed by atoms with E-state index in [0.717, 1.165) is 6.92 Å². The predicted molar refractivity (Wildman–Crippen MR) is 67.8 cm³/mol. The summed E-state index contributed by atoms with van der Waals surface area (Å²) in [6.45, 7) is 8.60. The summed E-state index contributed by atoms with van der Waals surface area (Å²) in [5, 5.41) is 12.5. The van der Waals surface area contributed by atoms with Gasteiger partial charge in [0.2, 0.25) is 0 Å². The van der Waals surface area contributed by atoms with Crippen LogP contribution in [0.3, 0.4) is 0 Å². The second kappa shape index (κ2) is 7.63. The van der Waals surface area contributed by atoms with Crippen LogP contribution in [-0.2, 0) is 4.79 Å². The van der Waals surface area contributed by atoms with Crippen molar-refractivity contribution in [1.82, 2.24) is 14.9 Å². The van der Waals surface area contributed by atoms with Gasteiger partial charge >= 0.3 is 0 Å². The summed E-state index contributed by atoms with van der Waals surface area (Å²) in [7, 11) is 2.22. The number of hydrogen-bond donors (Lipinski definition) is 1. The van der Waals surface area contributed by atoms with Crippen molar-refractivity contribution in [3.63, 3.8) is 0 Å². The fraction of sp³-hybridized carbons (Fsp3) is 0.917. The third kappa shape index (κ3) is 6.00. The summed E-state index contributed by atoms with van der Waals surface area (Å²) in [6, 6.07) is 0. The van der Waals surface area contributed by atoms with E-state index in [0.29, 0.717) is 0 Å². The van der Waals surface area contributed by atoms with Crippen LogP contribution in [0.4, 0.5) is 0 Å². The molecule has 1 N–H and O–H groups in total. The van der Waals surface area contributed by atoms with Crippen molar-refractivity contribution in [2.24, 2.45) is 0 Å². The molecule has 2 heterocycles. The first-order valence-corrected chi connectivity index (χ1v) is 6.47. The first kappa shape index (κ1) is 14.4. The molecule has 2 saturated heterocycles. The third-order valence-electron chi connectivity index (χ3n) is 3.21. The molecule has 0 bridgehead atoms. The van der Waals surface area contributed by atoms with E-state index in [4.69, 9.17) is 9.90 Å². The second-order valence-corrected chi connectivity index (χ2v) is 4.79. The molecule has 5 heteroatoms. The monoisotopic (exact) mass is 243 g/mol. The van der Waals surface area contributed by atoms with E-state index in [-0.39, 0.29) is 0 Å². The largest absolute Gasteiger partial charge is 0.481 e. The van der Waals surface area contributed by atoms with Crippen LogP contribution in [0.15, 0.2) is 0 Å². The summed E-state index contributed by atoms with van der Waals surface area (Å²) in [6.07, 6.45) is 4.23. The first-order valence-electron chi connectivity index (χ1n) is 6.47. The van der Waals surface area contributed by atoms with Crippen molar-refractivity contribution in [3.8, 4) is 0 Å². The number of carboxylic acids is 1. The van der Waals surface area contributed by atoms with Gasteiger partial charge in [0.25, 0.3) is 5.97 Å². The Balaban J connectivity index is 0.000000317. The quantitative estimate of drug-likeness (QED) is 0.735. The highest BCUT2D eigenvalue weighted by atomic mass is 16.4. The molecular weight excluding hydrogens is 218 g/mol. The number of likely N-dealkylation sites (N-methyl/N-ethyl adjacent to an activating group) is 1. The maximum absolute atomic E-state index is 9.00. The van der Waals surface area contributed by atoms with E-state index in [2.05, 4.69) is 22.0 Å². The fourth-order valence-corrected chi connectivity index (χ4v) is 2.24. The van der Waals surface area contributed by atoms with Crippen LogP contribution in [0, 0.1) is 0 Å². The van der Waals surface area contributed by atoms with Crippen LogP contribution in [-0.4, -0.2) is 72.3 Å². The normalized spacial score (nSPS) is 23.9. The highest BCUT2D eigenvalue weighted by molar-refractivity contribution is 5.62. The van der Waals surface area contributed by atoms with Crippen molar-refractivity contribution in [2.75, 3.05) is 46.3 Å². The van der Waals surface area contributed by atoms with Gasteiger partial charge in [0.15, 0.2) is 0 Å². The van der Waals surface area contributed by atoms with E-state index in [1.807, 2.05) is 0 Å². The molecule has 2 aliphatic heterocycles. The van der Waals surface area contributed by atoms with Crippen LogP contribution < -0.4 is 0 Å². The zero-order valence-corrected chi connectivity index (χ0v) is 11.1. The van der Waals surface area contributed by atoms with Crippen molar-refractivity contribution in [1.29, 1.82) is 0 Å². The van der Waals surface area contributed by atoms with Gasteiger partial charge in [-0.3, -0.25) is 4.79 Å². The Bertz CT molecular complexity index is 218. The highest BCUT2D eigenvalue weighted by Gasteiger charge is 2.21. The van der Waals surface area contributed by atoms with Gasteiger partial charge < -0.3 is 10.0 Å². The van der Waals surface area contributed by atoms with Gasteiger partial charge in [-0.05, 0) is 19.9 Å². The molecule has 0 aromatic rings. The second-order valence-electron chi connectivity index (χ2n) is 4.79. The molecular formula is C12H25N3O2. The minimum absolute atomic E-state index is 0.833. The van der Waals surface area contributed by atoms with Gasteiger partial charge in [0.1, 0.15) is 0 Å². The van der Waals surface area contributed by atoms with Crippen LogP contribution >= 0.6 is 0 Å². The van der Waals surface area contributed by atoms with Gasteiger partial charge in [-0.15, -0.1) is 0 Å². The lowest BCUT2D eigenvalue weighted by Crippen LogP contribution is -2.54. The molecule has 2 aliphatic rings. The molecule has 5 nitrogen and oxygen atoms in total. The number of hydrazine groups is 1. The van der Waals surface area contributed by atoms with E-state index in [1.165, 1.54) is 58.5 Å². The molecule has 2 rings (SSSR count). The number of piperazine rings is 1. The van der Waals surface area contributed by atoms with Crippen LogP contribution in [0.2, 0.25) is 0 Å². The van der Waals surface area contributed by atoms with Gasteiger partial charge in [0.05, 0.1) is 0 Å². The molecule has 2 fully saturated rings. The maximum Gasteiger partial charge on any atom is 0.300 e. The standard InChI is InChI=1S/C10H21N3.C2H4O2/c1-11-7-9-13(10-8-11)12-5-3-2-4-6-12;1-2(3)4/h2-10H2,1H3;1H3,(H,3,4). The average molecular weight is 243 g/mol. The fourth-order valence-electron chi connectivity index (χ4n) is 2.24. The lowest BCUT2D eigenvalue weighted by atomic mass is 10.1. The lowest BCUT2D eigenvalue weighted by molar-refractivity contribution is -0.134. The van der Waals surface area contributed by atoms with E-state index in [9.17, 15) is 0 Å². The molecule has 0 radical (unpaired) electrons. The Morgan fingerprint density at radius 3 is 1.76 bits per heavy atom. The maximum atomic E-state index is 9.00. The molecule has 0 aromatic carbocycles. The number of hydrogen-bond acceptors (Lipinski definition) is 4. The molecule has 0 aliphatic carbocycles. The first-order chi connectivity index (χ1) is 8.09. The smallest absolute Gasteiger partial charge is 0.300 e. The average Bonchev–Trinajstić information content (AvgIpc) is 2.30. The molecule has 0 atom stereocenters. The molecule has 0 unspecified atom stereocenters. The number of piperidine rings is 1. The lowest BCUT2D eigenvalue weighted by Gasteiger charge is -2.41. The molecule has 0 amide bonds. The number of carboxylic acid groups (broad SMARTS) is 1. The number of carbonyl (C=O) groups is 1. The van der Waals surface area contributed by atoms with Crippen molar-refractivity contribution < 1.29 is 9.90 Å². The van der Waals surface area contributed by atoms with E-state index < -0.39 is 5.97 Å². The van der Waals surface area contributed by atoms with E-state index >= 15 is 0 Å². The van der Waals surface area contributed by atoms with Gasteiger partial charge in [-0.2, -0.15) is 0 Å². The van der Waals surface area contributed by atoms with E-state index in [1.54, 1.807) is 0 Å². The number of aliphatic carboxylic acids is 1. The summed E-state index contributed by atoms with van der Waals surface area (Å²) >= 11 is 0. The Morgan fingerprint density at radius 2 is 1.29 bits per heavy atom. The van der Waals surface area contributed by atoms with Crippen LogP contribution in [0.1, 0.15) is 26.2 Å². The zero-order chi connectivity index (χ0) is 12.7. The Labute approximate surface area is 104 Å². The molecule has 0 spiro atoms. The Morgan fingerprint density at radius 1 is 0.882 bits per heavy atom. The van der Waals surface area contributed by atoms with Crippen LogP contribution in [0.25, 0.3) is 0 Å². The summed E-state index contributed by atoms with van der Waals surface area (Å²) in [5.74, 6) is -0.833. The summed E-state index contributed by atoms with van der Waals surface area (Å²) in [5.41, 5.74) is 0. The summed E-state index contributed by atoms with van der Waals surface area (Å²) < 4.78 is 0. The zero-order valence-electron chi connectivity index (χ0n) is 11.1. The van der Waals surface area contributed by atoms with Crippen LogP contribution in [0.5, 0.6) is 0 Å². The topological polar surface area (TPSA) is 47.0 Å². The predicted octanol–water partition coefficient (Wildman–Crippen LogP) is 0.726. The number of rotatable bonds is 1. The molecule has 100 valence electrons. The SMILES string of the molecule is CC(=O)O.CN1CCN(N2CCCCC2)CC1. The number of nitrogens with zero attached hydrogens (tertiary/aromatic N) is 3. The van der Waals surface area contributed by atoms with Crippen molar-refractivity contribution in [3.05, 3.63) is 0 Å². The highest BCUT2D eigenvalue weighted by Crippen LogP contribution is 2.12. The van der Waals surface area contributed by atoms with Gasteiger partial charge in [-0.25, -0.2) is 10.0 Å². The van der Waals surface area contributed by atoms with Crippen molar-refractivity contribution >= 4 is 5.97 Å². The molecule has 0 saturated carbocycles. The van der Waals surface area contributed by atoms with Gasteiger partial charge in [0, 0.05) is 46.2 Å². The molecule has 17 heavy (non-hydrogen) atoms. The van der Waals surface area contributed by atoms with Crippen molar-refractivity contribution in [2.45, 2.75) is 26.2 Å². The summed E-state index contributed by atoms with van der Waals surface area (Å²) in [4.78, 5) is 11.4. The molecule has 0 aromatic heterocycles. The third-order valence-corrected chi connectivity index (χ3v) is 3.21. The minimum Gasteiger partial charge on any atom is -0.481 e. The minimum atomic E-state index is -0.833.